The van der Waals surface area contributed by atoms with Crippen molar-refractivity contribution in [2.24, 2.45) is 0 Å². The molecule has 0 heterocycles. The summed E-state index contributed by atoms with van der Waals surface area (Å²) in [5.41, 5.74) is 0. The summed E-state index contributed by atoms with van der Waals surface area (Å²) in [5.74, 6) is 5.32. The zero-order chi connectivity index (χ0) is 8.53. The van der Waals surface area contributed by atoms with Crippen LogP contribution in [-0.2, 0) is 0 Å². The van der Waals surface area contributed by atoms with Gasteiger partial charge in [0, 0.05) is 6.42 Å². The van der Waals surface area contributed by atoms with Crippen molar-refractivity contribution < 1.29 is 4.39 Å². The molecule has 11 heavy (non-hydrogen) atoms. The first-order valence-corrected chi connectivity index (χ1v) is 4.39. The van der Waals surface area contributed by atoms with Crippen LogP contribution in [0.25, 0.3) is 0 Å². The molecule has 0 saturated carbocycles. The summed E-state index contributed by atoms with van der Waals surface area (Å²) >= 11 is 0. The molecule has 0 aliphatic carbocycles. The number of hydrogen-bond acceptors (Lipinski definition) is 0. The number of unbranched alkanes of at least 4 members (excludes halogenated alkanes) is 4. The summed E-state index contributed by atoms with van der Waals surface area (Å²) in [6.07, 6.45) is 4.76. The molecule has 0 aromatic heterocycles. The highest BCUT2D eigenvalue weighted by Gasteiger charge is 1.86. The quantitative estimate of drug-likeness (QED) is 0.432. The van der Waals surface area contributed by atoms with Crippen LogP contribution < -0.4 is 0 Å². The molecule has 0 fully saturated rings. The van der Waals surface area contributed by atoms with Gasteiger partial charge in [-0.2, -0.15) is 0 Å². The van der Waals surface area contributed by atoms with E-state index in [4.69, 9.17) is 0 Å². The van der Waals surface area contributed by atoms with Gasteiger partial charge in [0.1, 0.15) is 0 Å². The van der Waals surface area contributed by atoms with Crippen LogP contribution >= 0.6 is 0 Å². The lowest BCUT2D eigenvalue weighted by Crippen LogP contribution is -1.83. The summed E-state index contributed by atoms with van der Waals surface area (Å²) in [5, 5.41) is 0. The van der Waals surface area contributed by atoms with Gasteiger partial charge in [0.05, 0.1) is 0 Å². The Kier molecular flexibility index (Phi) is 7.24. The van der Waals surface area contributed by atoms with Crippen molar-refractivity contribution in [1.29, 1.82) is 0 Å². The van der Waals surface area contributed by atoms with E-state index >= 15 is 0 Å². The second-order valence-corrected chi connectivity index (χ2v) is 2.75. The van der Waals surface area contributed by atoms with Gasteiger partial charge in [-0.15, -0.1) is 5.92 Å². The fraction of sp³-hybridized carbons (Fsp3) is 0.800. The first-order chi connectivity index (χ1) is 5.27. The molecule has 0 aromatic rings. The minimum Gasteiger partial charge on any atom is -0.234 e. The largest absolute Gasteiger partial charge is 0.234 e. The number of hydrogen-bond donors (Lipinski definition) is 0. The van der Waals surface area contributed by atoms with Gasteiger partial charge in [-0.05, 0) is 13.3 Å². The average molecular weight is 156 g/mol. The van der Waals surface area contributed by atoms with Gasteiger partial charge in [-0.25, -0.2) is 4.39 Å². The zero-order valence-electron chi connectivity index (χ0n) is 7.49. The third-order valence-electron chi connectivity index (χ3n) is 1.46. The Balaban J connectivity index is 3.09. The molecule has 0 spiro atoms. The molecular formula is C10H17F. The fourth-order valence-electron chi connectivity index (χ4n) is 0.853. The van der Waals surface area contributed by atoms with Crippen molar-refractivity contribution in [1.82, 2.24) is 0 Å². The third-order valence-corrected chi connectivity index (χ3v) is 1.46. The van der Waals surface area contributed by atoms with Crippen molar-refractivity contribution in [2.45, 2.75) is 52.1 Å². The molecule has 0 N–H and O–H groups in total. The Morgan fingerprint density at radius 1 is 1.27 bits per heavy atom. The molecule has 0 aliphatic heterocycles. The van der Waals surface area contributed by atoms with Gasteiger partial charge in [-0.1, -0.05) is 32.1 Å². The standard InChI is InChI=1S/C10H17F/c1-3-4-5-6-7-8-9-10(2)11/h10H,3-7H2,1-2H3. The molecule has 0 amide bonds. The SMILES string of the molecule is CCCCCCC#CC(C)F. The van der Waals surface area contributed by atoms with Crippen LogP contribution in [-0.4, -0.2) is 6.17 Å². The molecule has 1 heteroatoms. The molecule has 1 atom stereocenters. The lowest BCUT2D eigenvalue weighted by Gasteiger charge is -1.91. The Morgan fingerprint density at radius 2 is 2.00 bits per heavy atom. The van der Waals surface area contributed by atoms with Gasteiger partial charge in [0.2, 0.25) is 0 Å². The van der Waals surface area contributed by atoms with Gasteiger partial charge < -0.3 is 0 Å². The Hall–Kier alpha value is -0.510. The molecule has 0 aromatic carbocycles. The fourth-order valence-corrected chi connectivity index (χ4v) is 0.853. The predicted octanol–water partition coefficient (Wildman–Crippen LogP) is 3.32. The van der Waals surface area contributed by atoms with E-state index in [0.717, 1.165) is 12.8 Å². The van der Waals surface area contributed by atoms with E-state index in [1.807, 2.05) is 0 Å². The molecule has 0 saturated heterocycles. The summed E-state index contributed by atoms with van der Waals surface area (Å²) in [6, 6.07) is 0. The second kappa shape index (κ2) is 7.60. The average Bonchev–Trinajstić information content (AvgIpc) is 1.96. The van der Waals surface area contributed by atoms with Crippen LogP contribution in [0.2, 0.25) is 0 Å². The maximum atomic E-state index is 12.1. The molecule has 0 bridgehead atoms. The normalized spacial score (nSPS) is 11.9. The molecule has 0 nitrogen and oxygen atoms in total. The molecular weight excluding hydrogens is 139 g/mol. The van der Waals surface area contributed by atoms with Crippen molar-refractivity contribution in [3.05, 3.63) is 0 Å². The highest BCUT2D eigenvalue weighted by molar-refractivity contribution is 5.02. The Morgan fingerprint density at radius 3 is 2.55 bits per heavy atom. The highest BCUT2D eigenvalue weighted by atomic mass is 19.1. The zero-order valence-corrected chi connectivity index (χ0v) is 7.49. The Bertz CT molecular complexity index is 128. The van der Waals surface area contributed by atoms with Crippen molar-refractivity contribution in [3.8, 4) is 11.8 Å². The van der Waals surface area contributed by atoms with Gasteiger partial charge >= 0.3 is 0 Å². The lowest BCUT2D eigenvalue weighted by molar-refractivity contribution is 0.443. The van der Waals surface area contributed by atoms with Crippen LogP contribution in [0, 0.1) is 11.8 Å². The number of alkyl halides is 1. The van der Waals surface area contributed by atoms with Crippen LogP contribution in [0.15, 0.2) is 0 Å². The topological polar surface area (TPSA) is 0 Å². The summed E-state index contributed by atoms with van der Waals surface area (Å²) < 4.78 is 12.1. The first kappa shape index (κ1) is 10.5. The Labute approximate surface area is 69.2 Å². The van der Waals surface area contributed by atoms with Crippen LogP contribution in [0.1, 0.15) is 46.0 Å². The second-order valence-electron chi connectivity index (χ2n) is 2.75. The molecule has 0 radical (unpaired) electrons. The molecule has 1 unspecified atom stereocenters. The van der Waals surface area contributed by atoms with Crippen molar-refractivity contribution >= 4 is 0 Å². The third kappa shape index (κ3) is 9.49. The number of rotatable bonds is 4. The minimum atomic E-state index is -0.957. The molecule has 0 rings (SSSR count). The van der Waals surface area contributed by atoms with E-state index in [2.05, 4.69) is 18.8 Å². The van der Waals surface area contributed by atoms with Gasteiger partial charge in [0.25, 0.3) is 0 Å². The van der Waals surface area contributed by atoms with E-state index in [-0.39, 0.29) is 0 Å². The van der Waals surface area contributed by atoms with Gasteiger partial charge in [0.15, 0.2) is 6.17 Å². The van der Waals surface area contributed by atoms with E-state index in [1.165, 1.54) is 26.2 Å². The van der Waals surface area contributed by atoms with Crippen LogP contribution in [0.5, 0.6) is 0 Å². The predicted molar refractivity (Wildman–Crippen MR) is 47.1 cm³/mol. The monoisotopic (exact) mass is 156 g/mol. The van der Waals surface area contributed by atoms with E-state index in [9.17, 15) is 4.39 Å². The van der Waals surface area contributed by atoms with Crippen molar-refractivity contribution in [3.63, 3.8) is 0 Å². The molecule has 0 aliphatic rings. The summed E-state index contributed by atoms with van der Waals surface area (Å²) in [4.78, 5) is 0. The highest BCUT2D eigenvalue weighted by Crippen LogP contribution is 2.00. The molecule has 64 valence electrons. The van der Waals surface area contributed by atoms with E-state index in [0.29, 0.717) is 0 Å². The summed E-state index contributed by atoms with van der Waals surface area (Å²) in [7, 11) is 0. The maximum absolute atomic E-state index is 12.1. The number of halogens is 1. The minimum absolute atomic E-state index is 0.855. The van der Waals surface area contributed by atoms with E-state index < -0.39 is 6.17 Å². The maximum Gasteiger partial charge on any atom is 0.157 e. The van der Waals surface area contributed by atoms with E-state index in [1.54, 1.807) is 0 Å². The van der Waals surface area contributed by atoms with Crippen molar-refractivity contribution in [2.75, 3.05) is 0 Å². The van der Waals surface area contributed by atoms with Crippen LogP contribution in [0.4, 0.5) is 4.39 Å². The van der Waals surface area contributed by atoms with Gasteiger partial charge in [-0.3, -0.25) is 0 Å². The smallest absolute Gasteiger partial charge is 0.157 e. The van der Waals surface area contributed by atoms with Crippen LogP contribution in [0.3, 0.4) is 0 Å². The lowest BCUT2D eigenvalue weighted by atomic mass is 10.1. The first-order valence-electron chi connectivity index (χ1n) is 4.39. The summed E-state index contributed by atoms with van der Waals surface area (Å²) in [6.45, 7) is 3.65.